The van der Waals surface area contributed by atoms with Crippen molar-refractivity contribution in [1.82, 2.24) is 5.32 Å². The highest BCUT2D eigenvalue weighted by atomic mass is 16.5. The van der Waals surface area contributed by atoms with Crippen LogP contribution in [0.4, 0.5) is 0 Å². The van der Waals surface area contributed by atoms with Crippen molar-refractivity contribution < 1.29 is 13.9 Å². The zero-order valence-corrected chi connectivity index (χ0v) is 11.7. The molecule has 1 heterocycles. The molecule has 4 nitrogen and oxygen atoms in total. The lowest BCUT2D eigenvalue weighted by Gasteiger charge is -2.07. The Hall–Kier alpha value is -0.840. The normalized spacial score (nSPS) is 11.3. The van der Waals surface area contributed by atoms with E-state index in [-0.39, 0.29) is 6.10 Å². The number of ether oxygens (including phenoxy) is 2. The van der Waals surface area contributed by atoms with E-state index in [0.717, 1.165) is 31.0 Å². The summed E-state index contributed by atoms with van der Waals surface area (Å²) in [4.78, 5) is 0. The molecule has 0 radical (unpaired) electrons. The van der Waals surface area contributed by atoms with Gasteiger partial charge in [0.2, 0.25) is 0 Å². The van der Waals surface area contributed by atoms with Crippen molar-refractivity contribution in [2.75, 3.05) is 19.8 Å². The highest BCUT2D eigenvalue weighted by Crippen LogP contribution is 2.08. The molecule has 0 spiro atoms. The van der Waals surface area contributed by atoms with Crippen LogP contribution < -0.4 is 5.32 Å². The van der Waals surface area contributed by atoms with Crippen molar-refractivity contribution in [3.05, 3.63) is 23.7 Å². The van der Waals surface area contributed by atoms with Crippen molar-refractivity contribution in [2.24, 2.45) is 0 Å². The second-order valence-corrected chi connectivity index (χ2v) is 4.52. The van der Waals surface area contributed by atoms with Crippen molar-refractivity contribution in [3.63, 3.8) is 0 Å². The minimum absolute atomic E-state index is 0.258. The van der Waals surface area contributed by atoms with Crippen LogP contribution in [0, 0.1) is 0 Å². The Kier molecular flexibility index (Phi) is 7.73. The van der Waals surface area contributed by atoms with Crippen LogP contribution in [-0.4, -0.2) is 25.9 Å². The molecule has 104 valence electrons. The van der Waals surface area contributed by atoms with Crippen LogP contribution in [0.5, 0.6) is 0 Å². The first-order chi connectivity index (χ1) is 8.72. The molecule has 0 aromatic carbocycles. The van der Waals surface area contributed by atoms with E-state index in [1.54, 1.807) is 0 Å². The number of hydrogen-bond donors (Lipinski definition) is 1. The quantitative estimate of drug-likeness (QED) is 0.653. The molecule has 0 atom stereocenters. The largest absolute Gasteiger partial charge is 0.462 e. The van der Waals surface area contributed by atoms with Gasteiger partial charge >= 0.3 is 0 Å². The third-order valence-electron chi connectivity index (χ3n) is 2.37. The van der Waals surface area contributed by atoms with Gasteiger partial charge in [0.05, 0.1) is 25.9 Å². The zero-order valence-electron chi connectivity index (χ0n) is 11.7. The molecule has 0 aliphatic carbocycles. The number of rotatable bonds is 10. The summed E-state index contributed by atoms with van der Waals surface area (Å²) in [7, 11) is 0. The minimum atomic E-state index is 0.258. The van der Waals surface area contributed by atoms with E-state index in [1.807, 2.05) is 26.0 Å². The molecule has 1 N–H and O–H groups in total. The van der Waals surface area contributed by atoms with Gasteiger partial charge in [-0.3, -0.25) is 0 Å². The smallest absolute Gasteiger partial charge is 0.129 e. The van der Waals surface area contributed by atoms with Crippen LogP contribution in [0.15, 0.2) is 16.5 Å². The van der Waals surface area contributed by atoms with Crippen molar-refractivity contribution in [3.8, 4) is 0 Å². The summed E-state index contributed by atoms with van der Waals surface area (Å²) >= 11 is 0. The van der Waals surface area contributed by atoms with Crippen LogP contribution in [0.2, 0.25) is 0 Å². The van der Waals surface area contributed by atoms with Crippen LogP contribution in [0.25, 0.3) is 0 Å². The molecule has 0 aliphatic heterocycles. The van der Waals surface area contributed by atoms with Gasteiger partial charge in [-0.25, -0.2) is 0 Å². The Morgan fingerprint density at radius 2 is 2.00 bits per heavy atom. The molecule has 0 unspecified atom stereocenters. The van der Waals surface area contributed by atoms with E-state index in [9.17, 15) is 0 Å². The third kappa shape index (κ3) is 6.79. The third-order valence-corrected chi connectivity index (χ3v) is 2.37. The lowest BCUT2D eigenvalue weighted by Crippen LogP contribution is -2.13. The number of furan rings is 1. The summed E-state index contributed by atoms with van der Waals surface area (Å²) in [6, 6.07) is 3.96. The molecular formula is C14H25NO3. The summed E-state index contributed by atoms with van der Waals surface area (Å²) < 4.78 is 16.5. The molecule has 0 bridgehead atoms. The van der Waals surface area contributed by atoms with Crippen molar-refractivity contribution in [1.29, 1.82) is 0 Å². The fourth-order valence-corrected chi connectivity index (χ4v) is 1.50. The second-order valence-electron chi connectivity index (χ2n) is 4.52. The fraction of sp³-hybridized carbons (Fsp3) is 0.714. The van der Waals surface area contributed by atoms with Gasteiger partial charge in [0.25, 0.3) is 0 Å². The summed E-state index contributed by atoms with van der Waals surface area (Å²) in [5.74, 6) is 1.83. The Morgan fingerprint density at radius 1 is 1.22 bits per heavy atom. The van der Waals surface area contributed by atoms with E-state index < -0.39 is 0 Å². The van der Waals surface area contributed by atoms with Gasteiger partial charge in [-0.2, -0.15) is 0 Å². The van der Waals surface area contributed by atoms with Crippen LogP contribution in [0.3, 0.4) is 0 Å². The zero-order chi connectivity index (χ0) is 13.2. The van der Waals surface area contributed by atoms with Gasteiger partial charge in [-0.15, -0.1) is 0 Å². The van der Waals surface area contributed by atoms with Gasteiger partial charge in [-0.05, 0) is 38.9 Å². The van der Waals surface area contributed by atoms with E-state index in [1.165, 1.54) is 0 Å². The molecule has 18 heavy (non-hydrogen) atoms. The monoisotopic (exact) mass is 255 g/mol. The van der Waals surface area contributed by atoms with Crippen molar-refractivity contribution in [2.45, 2.75) is 46.4 Å². The summed E-state index contributed by atoms with van der Waals surface area (Å²) in [5.41, 5.74) is 0. The molecule has 1 aromatic rings. The van der Waals surface area contributed by atoms with Crippen LogP contribution in [-0.2, 0) is 22.6 Å². The molecule has 0 saturated heterocycles. The maximum atomic E-state index is 5.63. The predicted molar refractivity (Wildman–Crippen MR) is 71.4 cm³/mol. The molecule has 0 saturated carbocycles. The van der Waals surface area contributed by atoms with Crippen LogP contribution in [0.1, 0.15) is 38.7 Å². The average molecular weight is 255 g/mol. The van der Waals surface area contributed by atoms with E-state index in [0.29, 0.717) is 19.8 Å². The molecule has 0 aliphatic rings. The summed E-state index contributed by atoms with van der Waals surface area (Å²) in [6.07, 6.45) is 1.39. The fourth-order valence-electron chi connectivity index (χ4n) is 1.50. The van der Waals surface area contributed by atoms with Gasteiger partial charge in [0.1, 0.15) is 18.1 Å². The molecule has 1 rings (SSSR count). The maximum absolute atomic E-state index is 5.63. The SMILES string of the molecule is CCCNCc1ccc(COCCOC(C)C)o1. The predicted octanol–water partition coefficient (Wildman–Crippen LogP) is 2.72. The Labute approximate surface area is 110 Å². The van der Waals surface area contributed by atoms with E-state index in [4.69, 9.17) is 13.9 Å². The highest BCUT2D eigenvalue weighted by Gasteiger charge is 2.02. The lowest BCUT2D eigenvalue weighted by molar-refractivity contribution is 0.0101. The minimum Gasteiger partial charge on any atom is -0.462 e. The van der Waals surface area contributed by atoms with Crippen molar-refractivity contribution >= 4 is 0 Å². The maximum Gasteiger partial charge on any atom is 0.129 e. The van der Waals surface area contributed by atoms with E-state index >= 15 is 0 Å². The van der Waals surface area contributed by atoms with Gasteiger partial charge in [0.15, 0.2) is 0 Å². The second kappa shape index (κ2) is 9.14. The van der Waals surface area contributed by atoms with Gasteiger partial charge in [0, 0.05) is 0 Å². The molecule has 0 fully saturated rings. The number of nitrogens with one attached hydrogen (secondary N) is 1. The Balaban J connectivity index is 2.11. The topological polar surface area (TPSA) is 43.6 Å². The van der Waals surface area contributed by atoms with E-state index in [2.05, 4.69) is 12.2 Å². The Morgan fingerprint density at radius 3 is 2.72 bits per heavy atom. The summed E-state index contributed by atoms with van der Waals surface area (Å²) in [6.45, 7) is 9.71. The first-order valence-electron chi connectivity index (χ1n) is 6.70. The Bertz CT molecular complexity index is 310. The standard InChI is InChI=1S/C14H25NO3/c1-4-7-15-10-13-5-6-14(18-13)11-16-8-9-17-12(2)3/h5-6,12,15H,4,7-11H2,1-3H3. The molecule has 4 heteroatoms. The highest BCUT2D eigenvalue weighted by molar-refractivity contribution is 5.06. The summed E-state index contributed by atoms with van der Waals surface area (Å²) in [5, 5.41) is 3.30. The first kappa shape index (κ1) is 15.2. The molecular weight excluding hydrogens is 230 g/mol. The number of hydrogen-bond acceptors (Lipinski definition) is 4. The first-order valence-corrected chi connectivity index (χ1v) is 6.70. The molecule has 0 amide bonds. The average Bonchev–Trinajstić information content (AvgIpc) is 2.77. The van der Waals surface area contributed by atoms with Gasteiger partial charge < -0.3 is 19.2 Å². The van der Waals surface area contributed by atoms with Gasteiger partial charge in [-0.1, -0.05) is 6.92 Å². The van der Waals surface area contributed by atoms with Crippen LogP contribution >= 0.6 is 0 Å². The molecule has 1 aromatic heterocycles. The lowest BCUT2D eigenvalue weighted by atomic mass is 10.4.